The number of phenols is 2. The zero-order valence-corrected chi connectivity index (χ0v) is 30.6. The molecule has 0 radical (unpaired) electrons. The van der Waals surface area contributed by atoms with E-state index in [-0.39, 0.29) is 34.8 Å². The van der Waals surface area contributed by atoms with Gasteiger partial charge in [-0.1, -0.05) is 103 Å². The zero-order chi connectivity index (χ0) is 37.2. The number of benzene rings is 7. The maximum atomic E-state index is 12.7. The van der Waals surface area contributed by atoms with Crippen LogP contribution in [0.15, 0.2) is 182 Å². The van der Waals surface area contributed by atoms with Gasteiger partial charge in [-0.3, -0.25) is 9.59 Å². The van der Waals surface area contributed by atoms with Crippen molar-refractivity contribution >= 4 is 45.9 Å². The van der Waals surface area contributed by atoms with Crippen LogP contribution >= 0.6 is 7.26 Å². The fourth-order valence-corrected chi connectivity index (χ4v) is 10.7. The van der Waals surface area contributed by atoms with Gasteiger partial charge in [-0.25, -0.2) is 0 Å². The monoisotopic (exact) mass is 714 g/mol. The van der Waals surface area contributed by atoms with Crippen molar-refractivity contribution in [3.8, 4) is 11.5 Å². The Labute approximate surface area is 311 Å². The molecule has 0 spiro atoms. The SMILES string of the molecule is Cc1cc(CC(=O)c2ccccc2O)c(NC(=O)c2ccccc2O)cc1C.c1ccc([P+](c2ccccc2)(c2ccccc2)c2ccccc2)cc1. The molecule has 6 heteroatoms. The van der Waals surface area contributed by atoms with Gasteiger partial charge in [-0.15, -0.1) is 0 Å². The van der Waals surface area contributed by atoms with Crippen LogP contribution in [0.5, 0.6) is 11.5 Å². The highest BCUT2D eigenvalue weighted by molar-refractivity contribution is 8.01. The molecule has 0 atom stereocenters. The third-order valence-electron chi connectivity index (χ3n) is 9.25. The van der Waals surface area contributed by atoms with E-state index in [9.17, 15) is 19.8 Å². The van der Waals surface area contributed by atoms with Crippen LogP contribution < -0.4 is 26.5 Å². The van der Waals surface area contributed by atoms with E-state index in [1.807, 2.05) is 19.9 Å². The second-order valence-electron chi connectivity index (χ2n) is 12.7. The summed E-state index contributed by atoms with van der Waals surface area (Å²) in [7, 11) is -1.91. The molecule has 0 heterocycles. The first-order valence-electron chi connectivity index (χ1n) is 17.4. The molecule has 1 amide bonds. The topological polar surface area (TPSA) is 86.6 Å². The van der Waals surface area contributed by atoms with Crippen LogP contribution in [0.3, 0.4) is 0 Å². The Bertz CT molecular complexity index is 2060. The van der Waals surface area contributed by atoms with Crippen molar-refractivity contribution in [2.45, 2.75) is 20.3 Å². The maximum absolute atomic E-state index is 12.7. The number of carbonyl (C=O) groups is 2. The summed E-state index contributed by atoms with van der Waals surface area (Å²) in [6, 6.07) is 60.1. The number of hydrogen-bond acceptors (Lipinski definition) is 4. The lowest BCUT2D eigenvalue weighted by atomic mass is 9.97. The molecule has 5 nitrogen and oxygen atoms in total. The third-order valence-corrected chi connectivity index (χ3v) is 13.5. The molecule has 7 aromatic carbocycles. The number of anilines is 1. The fraction of sp³-hybridized carbons (Fsp3) is 0.0638. The van der Waals surface area contributed by atoms with Gasteiger partial charge in [0.2, 0.25) is 0 Å². The van der Waals surface area contributed by atoms with Crippen molar-refractivity contribution < 1.29 is 19.8 Å². The molecule has 0 unspecified atom stereocenters. The molecule has 0 fully saturated rings. The fourth-order valence-electron chi connectivity index (χ4n) is 6.47. The van der Waals surface area contributed by atoms with E-state index < -0.39 is 13.2 Å². The van der Waals surface area contributed by atoms with E-state index in [4.69, 9.17) is 0 Å². The molecule has 7 aromatic rings. The Balaban J connectivity index is 0.000000182. The van der Waals surface area contributed by atoms with Crippen LogP contribution in [0.25, 0.3) is 0 Å². The number of rotatable bonds is 9. The lowest BCUT2D eigenvalue weighted by Gasteiger charge is -2.27. The minimum Gasteiger partial charge on any atom is -0.507 e. The summed E-state index contributed by atoms with van der Waals surface area (Å²) in [5.74, 6) is -0.899. The molecule has 0 aliphatic rings. The smallest absolute Gasteiger partial charge is 0.259 e. The summed E-state index contributed by atoms with van der Waals surface area (Å²) in [4.78, 5) is 25.3. The summed E-state index contributed by atoms with van der Waals surface area (Å²) in [6.07, 6.45) is 0.0229. The number of Topliss-reactive ketones (excluding diaryl/α,β-unsaturated/α-hetero) is 1. The summed E-state index contributed by atoms with van der Waals surface area (Å²) in [6.45, 7) is 3.84. The number of phenolic OH excluding ortho intramolecular Hbond substituents is 2. The number of hydrogen-bond donors (Lipinski definition) is 3. The van der Waals surface area contributed by atoms with Crippen LogP contribution in [-0.2, 0) is 6.42 Å². The average Bonchev–Trinajstić information content (AvgIpc) is 3.19. The normalized spacial score (nSPS) is 10.8. The number of ketones is 1. The highest BCUT2D eigenvalue weighted by Crippen LogP contribution is 2.54. The minimum absolute atomic E-state index is 0.0229. The first-order chi connectivity index (χ1) is 25.8. The lowest BCUT2D eigenvalue weighted by Crippen LogP contribution is -2.38. The summed E-state index contributed by atoms with van der Waals surface area (Å²) in [5.41, 5.74) is 3.48. The molecule has 0 aliphatic heterocycles. The molecule has 0 aromatic heterocycles. The van der Waals surface area contributed by atoms with E-state index >= 15 is 0 Å². The Morgan fingerprint density at radius 2 is 0.849 bits per heavy atom. The first kappa shape index (κ1) is 36.5. The zero-order valence-electron chi connectivity index (χ0n) is 29.7. The molecular formula is C47H41NO4P+. The predicted molar refractivity (Wildman–Crippen MR) is 219 cm³/mol. The van der Waals surface area contributed by atoms with Crippen LogP contribution in [0.1, 0.15) is 37.4 Å². The molecule has 262 valence electrons. The van der Waals surface area contributed by atoms with Gasteiger partial charge in [0, 0.05) is 12.1 Å². The summed E-state index contributed by atoms with van der Waals surface area (Å²) < 4.78 is 0. The second-order valence-corrected chi connectivity index (χ2v) is 16.1. The third kappa shape index (κ3) is 8.12. The molecule has 0 saturated heterocycles. The molecule has 7 rings (SSSR count). The summed E-state index contributed by atoms with van der Waals surface area (Å²) in [5, 5.41) is 28.2. The molecule has 53 heavy (non-hydrogen) atoms. The average molecular weight is 715 g/mol. The van der Waals surface area contributed by atoms with Gasteiger partial charge < -0.3 is 15.5 Å². The van der Waals surface area contributed by atoms with Crippen molar-refractivity contribution in [3.63, 3.8) is 0 Å². The van der Waals surface area contributed by atoms with Gasteiger partial charge in [0.1, 0.15) is 40.0 Å². The first-order valence-corrected chi connectivity index (χ1v) is 19.2. The quantitative estimate of drug-likeness (QED) is 0.103. The van der Waals surface area contributed by atoms with Crippen LogP contribution in [-0.4, -0.2) is 21.9 Å². The number of nitrogens with one attached hydrogen (secondary N) is 1. The van der Waals surface area contributed by atoms with Crippen LogP contribution in [0.4, 0.5) is 5.69 Å². The second kappa shape index (κ2) is 16.8. The number of aryl methyl sites for hydroxylation is 2. The van der Waals surface area contributed by atoms with Crippen molar-refractivity contribution in [2.24, 2.45) is 0 Å². The van der Waals surface area contributed by atoms with Gasteiger partial charge in [0.05, 0.1) is 11.1 Å². The van der Waals surface area contributed by atoms with E-state index in [1.165, 1.54) is 39.4 Å². The molecule has 3 N–H and O–H groups in total. The maximum Gasteiger partial charge on any atom is 0.259 e. The predicted octanol–water partition coefficient (Wildman–Crippen LogP) is 8.70. The molecule has 0 saturated carbocycles. The van der Waals surface area contributed by atoms with Crippen LogP contribution in [0, 0.1) is 13.8 Å². The van der Waals surface area contributed by atoms with Crippen molar-refractivity contribution in [2.75, 3.05) is 5.32 Å². The number of aromatic hydroxyl groups is 2. The summed E-state index contributed by atoms with van der Waals surface area (Å²) >= 11 is 0. The molecular weight excluding hydrogens is 673 g/mol. The lowest BCUT2D eigenvalue weighted by molar-refractivity contribution is 0.0986. The van der Waals surface area contributed by atoms with Gasteiger partial charge in [0.15, 0.2) is 5.78 Å². The van der Waals surface area contributed by atoms with E-state index in [2.05, 4.69) is 127 Å². The number of carbonyl (C=O) groups excluding carboxylic acids is 2. The van der Waals surface area contributed by atoms with E-state index in [1.54, 1.807) is 36.4 Å². The Kier molecular flexibility index (Phi) is 11.6. The van der Waals surface area contributed by atoms with Crippen molar-refractivity contribution in [1.82, 2.24) is 0 Å². The van der Waals surface area contributed by atoms with Gasteiger partial charge in [-0.05, 0) is 109 Å². The number of amides is 1. The van der Waals surface area contributed by atoms with Gasteiger partial charge in [-0.2, -0.15) is 0 Å². The highest BCUT2D eigenvalue weighted by atomic mass is 31.2. The Morgan fingerprint density at radius 3 is 1.26 bits per heavy atom. The van der Waals surface area contributed by atoms with E-state index in [0.29, 0.717) is 11.3 Å². The van der Waals surface area contributed by atoms with E-state index in [0.717, 1.165) is 11.1 Å². The van der Waals surface area contributed by atoms with Crippen molar-refractivity contribution in [3.05, 3.63) is 210 Å². The standard InChI is InChI=1S/C24H20P.C23H21NO4/c1-5-13-21(14-6-1)25(22-15-7-2-8-16-22,23-17-9-3-10-18-23)24-19-11-4-12-20-24;1-14-11-16(13-22(27)17-7-3-5-9-20(17)25)19(12-15(14)2)24-23(28)18-8-4-6-10-21(18)26/h1-20H;3-12,25-26H,13H2,1-2H3,(H,24,28)/q+1;. The largest absolute Gasteiger partial charge is 0.507 e. The molecule has 0 bridgehead atoms. The van der Waals surface area contributed by atoms with Gasteiger partial charge in [0.25, 0.3) is 5.91 Å². The highest BCUT2D eigenvalue weighted by Gasteiger charge is 2.47. The van der Waals surface area contributed by atoms with Crippen LogP contribution in [0.2, 0.25) is 0 Å². The number of para-hydroxylation sites is 2. The Morgan fingerprint density at radius 1 is 0.491 bits per heavy atom. The van der Waals surface area contributed by atoms with Gasteiger partial charge >= 0.3 is 0 Å². The minimum atomic E-state index is -1.91. The van der Waals surface area contributed by atoms with Crippen molar-refractivity contribution in [1.29, 1.82) is 0 Å². The Hall–Kier alpha value is -6.29. The molecule has 0 aliphatic carbocycles.